The van der Waals surface area contributed by atoms with Gasteiger partial charge in [-0.2, -0.15) is 5.10 Å². The minimum atomic E-state index is -0.856. The first kappa shape index (κ1) is 15.7. The number of nitrogens with two attached hydrogens (primary N) is 1. The van der Waals surface area contributed by atoms with Crippen LogP contribution in [0.5, 0.6) is 0 Å². The zero-order valence-corrected chi connectivity index (χ0v) is 13.4. The maximum atomic E-state index is 14.1. The Bertz CT molecular complexity index is 765. The summed E-state index contributed by atoms with van der Waals surface area (Å²) >= 11 is 1.30. The molecule has 3 rings (SSSR count). The number of benzene rings is 2. The fourth-order valence-electron chi connectivity index (χ4n) is 2.59. The number of carbonyl (C=O) groups excluding carboxylic acids is 1. The molecule has 1 atom stereocenters. The molecule has 1 aliphatic rings. The minimum Gasteiger partial charge on any atom is -0.327 e. The van der Waals surface area contributed by atoms with Crippen LogP contribution in [-0.4, -0.2) is 22.5 Å². The topological polar surface area (TPSA) is 58.7 Å². The molecule has 0 saturated carbocycles. The summed E-state index contributed by atoms with van der Waals surface area (Å²) in [4.78, 5) is 11.3. The number of thioether (sulfide) groups is 1. The molecule has 2 aromatic carbocycles. The zero-order chi connectivity index (χ0) is 16.4. The van der Waals surface area contributed by atoms with Crippen LogP contribution in [0.4, 0.5) is 4.39 Å². The molecule has 0 bridgehead atoms. The smallest absolute Gasteiger partial charge is 0.241 e. The molecule has 1 heterocycles. The molecular weight excluding hydrogens is 313 g/mol. The predicted octanol–water partition coefficient (Wildman–Crippen LogP) is 2.89. The van der Waals surface area contributed by atoms with Crippen LogP contribution in [0.2, 0.25) is 0 Å². The van der Waals surface area contributed by atoms with E-state index in [0.717, 1.165) is 5.56 Å². The molecule has 1 amide bonds. The Balaban J connectivity index is 2.10. The highest BCUT2D eigenvalue weighted by Crippen LogP contribution is 2.46. The van der Waals surface area contributed by atoms with E-state index in [-0.39, 0.29) is 18.3 Å². The molecular formula is C17H16FN3OS. The van der Waals surface area contributed by atoms with E-state index in [9.17, 15) is 9.18 Å². The standard InChI is InChI=1S/C17H16FN3OS/c1-12(22)21-17(11-19,13-7-3-2-4-8-13)23-16(20-21)14-9-5-6-10-15(14)18/h2-10H,11,19H2,1H3. The van der Waals surface area contributed by atoms with Crippen LogP contribution in [0.3, 0.4) is 0 Å². The van der Waals surface area contributed by atoms with Crippen molar-refractivity contribution in [1.82, 2.24) is 5.01 Å². The molecule has 1 unspecified atom stereocenters. The molecule has 0 saturated heterocycles. The lowest BCUT2D eigenvalue weighted by molar-refractivity contribution is -0.132. The number of rotatable bonds is 3. The Labute approximate surface area is 138 Å². The highest BCUT2D eigenvalue weighted by Gasteiger charge is 2.47. The molecule has 6 heteroatoms. The van der Waals surface area contributed by atoms with Crippen molar-refractivity contribution < 1.29 is 9.18 Å². The molecule has 0 fully saturated rings. The van der Waals surface area contributed by atoms with Crippen LogP contribution in [0, 0.1) is 5.82 Å². The summed E-state index contributed by atoms with van der Waals surface area (Å²) in [5.74, 6) is -0.610. The quantitative estimate of drug-likeness (QED) is 0.942. The van der Waals surface area contributed by atoms with Gasteiger partial charge in [0.15, 0.2) is 4.87 Å². The van der Waals surface area contributed by atoms with Gasteiger partial charge in [0.2, 0.25) is 5.91 Å². The second-order valence-electron chi connectivity index (χ2n) is 5.17. The van der Waals surface area contributed by atoms with Crippen molar-refractivity contribution in [3.05, 3.63) is 71.5 Å². The summed E-state index contributed by atoms with van der Waals surface area (Å²) in [6.07, 6.45) is 0. The SMILES string of the molecule is CC(=O)N1N=C(c2ccccc2F)SC1(CN)c1ccccc1. The molecule has 4 nitrogen and oxygen atoms in total. The lowest BCUT2D eigenvalue weighted by atomic mass is 10.1. The van der Waals surface area contributed by atoms with E-state index in [1.54, 1.807) is 18.2 Å². The van der Waals surface area contributed by atoms with Gasteiger partial charge in [-0.15, -0.1) is 0 Å². The number of halogens is 1. The van der Waals surface area contributed by atoms with E-state index in [4.69, 9.17) is 5.73 Å². The van der Waals surface area contributed by atoms with E-state index in [1.807, 2.05) is 30.3 Å². The van der Waals surface area contributed by atoms with E-state index >= 15 is 0 Å². The van der Waals surface area contributed by atoms with Gasteiger partial charge < -0.3 is 5.73 Å². The van der Waals surface area contributed by atoms with Gasteiger partial charge >= 0.3 is 0 Å². The van der Waals surface area contributed by atoms with E-state index in [1.165, 1.54) is 29.8 Å². The Hall–Kier alpha value is -2.18. The lowest BCUT2D eigenvalue weighted by Gasteiger charge is -2.33. The van der Waals surface area contributed by atoms with Crippen molar-refractivity contribution in [2.75, 3.05) is 6.54 Å². The van der Waals surface area contributed by atoms with Gasteiger partial charge in [-0.25, -0.2) is 9.40 Å². The third-order valence-corrected chi connectivity index (χ3v) is 5.11. The summed E-state index contributed by atoms with van der Waals surface area (Å²) in [6, 6.07) is 15.8. The molecule has 23 heavy (non-hydrogen) atoms. The van der Waals surface area contributed by atoms with Crippen molar-refractivity contribution in [2.24, 2.45) is 10.8 Å². The Morgan fingerprint density at radius 2 is 1.87 bits per heavy atom. The minimum absolute atomic E-state index is 0.169. The van der Waals surface area contributed by atoms with Crippen LogP contribution in [0.15, 0.2) is 59.7 Å². The van der Waals surface area contributed by atoms with Gasteiger partial charge in [0.05, 0.1) is 0 Å². The molecule has 0 spiro atoms. The molecule has 2 aromatic rings. The molecule has 118 valence electrons. The Morgan fingerprint density at radius 3 is 2.48 bits per heavy atom. The summed E-state index contributed by atoms with van der Waals surface area (Å²) in [7, 11) is 0. The van der Waals surface area contributed by atoms with Gasteiger partial charge in [-0.1, -0.05) is 54.2 Å². The number of amides is 1. The first-order valence-corrected chi connectivity index (χ1v) is 7.99. The predicted molar refractivity (Wildman–Crippen MR) is 90.2 cm³/mol. The van der Waals surface area contributed by atoms with E-state index < -0.39 is 4.87 Å². The number of nitrogens with zero attached hydrogens (tertiary/aromatic N) is 2. The fourth-order valence-corrected chi connectivity index (χ4v) is 3.90. The molecule has 2 N–H and O–H groups in total. The largest absolute Gasteiger partial charge is 0.327 e. The number of hydrazone groups is 1. The van der Waals surface area contributed by atoms with Crippen molar-refractivity contribution >= 4 is 22.7 Å². The third kappa shape index (κ3) is 2.64. The van der Waals surface area contributed by atoms with Crippen LogP contribution in [0.25, 0.3) is 0 Å². The number of hydrogen-bond acceptors (Lipinski definition) is 4. The first-order valence-electron chi connectivity index (χ1n) is 7.17. The summed E-state index contributed by atoms with van der Waals surface area (Å²) in [5, 5.41) is 6.17. The van der Waals surface area contributed by atoms with Crippen LogP contribution >= 0.6 is 11.8 Å². The van der Waals surface area contributed by atoms with Crippen molar-refractivity contribution in [2.45, 2.75) is 11.8 Å². The maximum Gasteiger partial charge on any atom is 0.241 e. The zero-order valence-electron chi connectivity index (χ0n) is 12.6. The van der Waals surface area contributed by atoms with Gasteiger partial charge in [-0.3, -0.25) is 4.79 Å². The van der Waals surface area contributed by atoms with Crippen LogP contribution in [0.1, 0.15) is 18.1 Å². The maximum absolute atomic E-state index is 14.1. The first-order chi connectivity index (χ1) is 11.1. The number of carbonyl (C=O) groups is 1. The van der Waals surface area contributed by atoms with Crippen molar-refractivity contribution in [3.8, 4) is 0 Å². The monoisotopic (exact) mass is 329 g/mol. The summed E-state index contributed by atoms with van der Waals surface area (Å²) in [6.45, 7) is 1.60. The van der Waals surface area contributed by atoms with Gasteiger partial charge in [-0.05, 0) is 17.7 Å². The molecule has 1 aliphatic heterocycles. The summed E-state index contributed by atoms with van der Waals surface area (Å²) < 4.78 is 14.1. The second-order valence-corrected chi connectivity index (χ2v) is 6.44. The average molecular weight is 329 g/mol. The second kappa shape index (κ2) is 6.14. The lowest BCUT2D eigenvalue weighted by Crippen LogP contribution is -2.45. The third-order valence-electron chi connectivity index (χ3n) is 3.70. The highest BCUT2D eigenvalue weighted by atomic mass is 32.2. The Morgan fingerprint density at radius 1 is 1.22 bits per heavy atom. The van der Waals surface area contributed by atoms with Crippen LogP contribution in [-0.2, 0) is 9.67 Å². The average Bonchev–Trinajstić information content (AvgIpc) is 2.97. The van der Waals surface area contributed by atoms with E-state index in [0.29, 0.717) is 10.6 Å². The van der Waals surface area contributed by atoms with Crippen molar-refractivity contribution in [1.29, 1.82) is 0 Å². The fraction of sp³-hybridized carbons (Fsp3) is 0.176. The normalized spacial score (nSPS) is 20.5. The number of hydrogen-bond donors (Lipinski definition) is 1. The summed E-state index contributed by atoms with van der Waals surface area (Å²) in [5.41, 5.74) is 7.26. The molecule has 0 aliphatic carbocycles. The van der Waals surface area contributed by atoms with Gasteiger partial charge in [0, 0.05) is 19.0 Å². The highest BCUT2D eigenvalue weighted by molar-refractivity contribution is 8.15. The Kier molecular flexibility index (Phi) is 4.19. The molecule has 0 aromatic heterocycles. The van der Waals surface area contributed by atoms with Gasteiger partial charge in [0.1, 0.15) is 10.9 Å². The van der Waals surface area contributed by atoms with E-state index in [2.05, 4.69) is 5.10 Å². The van der Waals surface area contributed by atoms with Gasteiger partial charge in [0.25, 0.3) is 0 Å². The molecule has 0 radical (unpaired) electrons. The van der Waals surface area contributed by atoms with Crippen molar-refractivity contribution in [3.63, 3.8) is 0 Å². The van der Waals surface area contributed by atoms with Crippen LogP contribution < -0.4 is 5.73 Å².